The van der Waals surface area contributed by atoms with Gasteiger partial charge in [-0.25, -0.2) is 18.9 Å². The summed E-state index contributed by atoms with van der Waals surface area (Å²) in [5.74, 6) is -3.38. The van der Waals surface area contributed by atoms with Gasteiger partial charge in [0.05, 0.1) is 12.4 Å². The number of carbonyl (C=O) groups excluding carboxylic acids is 1. The van der Waals surface area contributed by atoms with Crippen molar-refractivity contribution in [2.45, 2.75) is 63.7 Å². The van der Waals surface area contributed by atoms with Crippen LogP contribution in [-0.4, -0.2) is 74.0 Å². The Morgan fingerprint density at radius 2 is 1.93 bits per heavy atom. The van der Waals surface area contributed by atoms with E-state index in [0.29, 0.717) is 11.1 Å². The Kier molecular flexibility index (Phi) is 9.01. The molecule has 0 saturated carbocycles. The molecule has 1 fully saturated rings. The molecular weight excluding hydrogens is 631 g/mol. The number of nitrogen functional groups attached to an aromatic ring is 1. The molecule has 0 spiro atoms. The van der Waals surface area contributed by atoms with Gasteiger partial charge in [-0.2, -0.15) is 9.97 Å². The molecule has 17 heteroatoms. The standard InChI is InChI=1S/C28H34F2N7O6PS/c1-15(2)41-23(38)16(3)36-44(45,43-19-12-8-10-17-9-6-7-11-18(17)19)40-13-28(30)24(39)27(4,29)25(42-28)37-14-33-20-21(32-5)34-26(31)35-22(20)37/h6-12,14-16,24-25,39H,13H2,1-5H3,(H,36,45)(H3,31,32,34,35)/t16-,24-,25+,27+,28+,44-/m0/s1. The number of esters is 1. The van der Waals surface area contributed by atoms with E-state index in [9.17, 15) is 9.90 Å². The molecule has 5 N–H and O–H groups in total. The molecule has 0 amide bonds. The number of hydrogen-bond acceptors (Lipinski definition) is 12. The van der Waals surface area contributed by atoms with Crippen LogP contribution in [0.25, 0.3) is 21.9 Å². The number of carbonyl (C=O) groups is 1. The third kappa shape index (κ3) is 6.44. The number of aromatic nitrogens is 4. The van der Waals surface area contributed by atoms with Crippen LogP contribution in [0.3, 0.4) is 0 Å². The van der Waals surface area contributed by atoms with Crippen molar-refractivity contribution in [2.24, 2.45) is 0 Å². The van der Waals surface area contributed by atoms with E-state index in [1.165, 1.54) is 13.3 Å². The molecule has 0 radical (unpaired) electrons. The van der Waals surface area contributed by atoms with Gasteiger partial charge in [-0.3, -0.25) is 9.36 Å². The van der Waals surface area contributed by atoms with Crippen molar-refractivity contribution in [1.82, 2.24) is 24.6 Å². The number of benzene rings is 2. The highest BCUT2D eigenvalue weighted by Gasteiger charge is 2.65. The zero-order valence-electron chi connectivity index (χ0n) is 25.1. The van der Waals surface area contributed by atoms with E-state index in [0.717, 1.165) is 16.9 Å². The summed E-state index contributed by atoms with van der Waals surface area (Å²) in [4.78, 5) is 25.0. The van der Waals surface area contributed by atoms with E-state index in [-0.39, 0.29) is 22.9 Å². The zero-order valence-corrected chi connectivity index (χ0v) is 26.8. The van der Waals surface area contributed by atoms with Crippen LogP contribution in [-0.2, 0) is 30.6 Å². The molecular formula is C28H34F2N7O6PS. The van der Waals surface area contributed by atoms with Gasteiger partial charge in [0.25, 0.3) is 5.85 Å². The van der Waals surface area contributed by atoms with E-state index >= 15 is 8.78 Å². The molecule has 13 nitrogen and oxygen atoms in total. The number of nitrogens with zero attached hydrogens (tertiary/aromatic N) is 4. The Bertz CT molecular complexity index is 1770. The minimum Gasteiger partial charge on any atom is -0.462 e. The predicted molar refractivity (Wildman–Crippen MR) is 167 cm³/mol. The van der Waals surface area contributed by atoms with Gasteiger partial charge >= 0.3 is 12.6 Å². The number of nitrogens with one attached hydrogen (secondary N) is 2. The van der Waals surface area contributed by atoms with E-state index in [2.05, 4.69) is 25.4 Å². The van der Waals surface area contributed by atoms with E-state index in [1.807, 2.05) is 18.2 Å². The lowest BCUT2D eigenvalue weighted by molar-refractivity contribution is -0.202. The second-order valence-corrected chi connectivity index (χ2v) is 14.1. The number of anilines is 2. The van der Waals surface area contributed by atoms with E-state index < -0.39 is 55.2 Å². The molecule has 45 heavy (non-hydrogen) atoms. The molecule has 1 saturated heterocycles. The predicted octanol–water partition coefficient (Wildman–Crippen LogP) is 4.14. The number of aliphatic hydroxyl groups excluding tert-OH is 1. The topological polar surface area (TPSA) is 168 Å². The van der Waals surface area contributed by atoms with Crippen LogP contribution in [0.5, 0.6) is 5.75 Å². The average Bonchev–Trinajstić information content (AvgIpc) is 3.48. The van der Waals surface area contributed by atoms with Gasteiger partial charge in [-0.1, -0.05) is 36.4 Å². The quantitative estimate of drug-likeness (QED) is 0.133. The molecule has 5 rings (SSSR count). The van der Waals surface area contributed by atoms with Crippen molar-refractivity contribution < 1.29 is 37.2 Å². The average molecular weight is 666 g/mol. The van der Waals surface area contributed by atoms with Crippen molar-refractivity contribution in [3.8, 4) is 5.75 Å². The molecule has 0 bridgehead atoms. The van der Waals surface area contributed by atoms with Crippen molar-refractivity contribution in [3.05, 3.63) is 48.8 Å². The maximum atomic E-state index is 16.5. The molecule has 4 aromatic rings. The molecule has 0 aliphatic carbocycles. The summed E-state index contributed by atoms with van der Waals surface area (Å²) >= 11 is 5.75. The van der Waals surface area contributed by atoms with Gasteiger partial charge in [0.15, 0.2) is 35.0 Å². The largest absolute Gasteiger partial charge is 0.462 e. The number of imidazole rings is 1. The molecule has 2 aromatic carbocycles. The highest BCUT2D eigenvalue weighted by molar-refractivity contribution is 8.09. The van der Waals surface area contributed by atoms with Crippen LogP contribution < -0.4 is 20.7 Å². The first-order valence-electron chi connectivity index (χ1n) is 14.0. The van der Waals surface area contributed by atoms with Gasteiger partial charge in [0.2, 0.25) is 5.95 Å². The van der Waals surface area contributed by atoms with Gasteiger partial charge in [0, 0.05) is 12.4 Å². The summed E-state index contributed by atoms with van der Waals surface area (Å²) in [5, 5.41) is 18.1. The summed E-state index contributed by atoms with van der Waals surface area (Å²) in [5.41, 5.74) is 3.36. The Morgan fingerprint density at radius 1 is 1.22 bits per heavy atom. The molecule has 2 aromatic heterocycles. The van der Waals surface area contributed by atoms with Crippen molar-refractivity contribution in [3.63, 3.8) is 0 Å². The first kappa shape index (κ1) is 32.9. The Morgan fingerprint density at radius 3 is 2.64 bits per heavy atom. The summed E-state index contributed by atoms with van der Waals surface area (Å²) < 4.78 is 56.6. The highest BCUT2D eigenvalue weighted by Crippen LogP contribution is 2.52. The van der Waals surface area contributed by atoms with Crippen LogP contribution in [0, 0.1) is 0 Å². The van der Waals surface area contributed by atoms with E-state index in [4.69, 9.17) is 36.1 Å². The third-order valence-corrected chi connectivity index (χ3v) is 9.58. The van der Waals surface area contributed by atoms with Crippen LogP contribution in [0.1, 0.15) is 33.9 Å². The normalized spacial score (nSPS) is 25.4. The van der Waals surface area contributed by atoms with Crippen LogP contribution in [0.4, 0.5) is 20.5 Å². The molecule has 0 unspecified atom stereocenters. The smallest absolute Gasteiger partial charge is 0.323 e. The number of aliphatic hydroxyl groups is 1. The maximum Gasteiger partial charge on any atom is 0.323 e. The summed E-state index contributed by atoms with van der Waals surface area (Å²) in [6.07, 6.45) is -3.35. The zero-order chi connectivity index (χ0) is 32.7. The number of alkyl halides is 2. The molecule has 1 aliphatic rings. The number of rotatable bonds is 11. The lowest BCUT2D eigenvalue weighted by atomic mass is 9.97. The maximum absolute atomic E-state index is 16.5. The van der Waals surface area contributed by atoms with Crippen molar-refractivity contribution in [2.75, 3.05) is 24.7 Å². The number of halogens is 2. The van der Waals surface area contributed by atoms with Gasteiger partial charge in [-0.15, -0.1) is 0 Å². The second kappa shape index (κ2) is 12.3. The lowest BCUT2D eigenvalue weighted by Crippen LogP contribution is -2.47. The number of fused-ring (bicyclic) bond motifs is 2. The fraction of sp³-hybridized carbons (Fsp3) is 0.429. The fourth-order valence-corrected chi connectivity index (χ4v) is 7.33. The lowest BCUT2D eigenvalue weighted by Gasteiger charge is -2.30. The summed E-state index contributed by atoms with van der Waals surface area (Å²) in [6, 6.07) is 11.5. The first-order valence-corrected chi connectivity index (χ1v) is 16.6. The minimum atomic E-state index is -3.83. The van der Waals surface area contributed by atoms with Crippen molar-refractivity contribution >= 4 is 58.1 Å². The first-order chi connectivity index (χ1) is 21.2. The minimum absolute atomic E-state index is 0.0432. The SMILES string of the molecule is CNc1nc(N)nc2c1ncn2[C@@H]1O[C@](F)(CO[P@@](=S)(N[C@@H](C)C(=O)OC(C)C)Oc2cccc3ccccc23)[C@@H](O)[C@@]1(C)F. The Labute approximate surface area is 262 Å². The highest BCUT2D eigenvalue weighted by atomic mass is 32.5. The van der Waals surface area contributed by atoms with Gasteiger partial charge < -0.3 is 34.7 Å². The summed E-state index contributed by atoms with van der Waals surface area (Å²) in [6.45, 7) is 0.923. The number of nitrogens with two attached hydrogens (primary N) is 1. The Balaban J connectivity index is 1.45. The number of hydrogen-bond donors (Lipinski definition) is 4. The monoisotopic (exact) mass is 665 g/mol. The van der Waals surface area contributed by atoms with Gasteiger partial charge in [-0.05, 0) is 51.0 Å². The van der Waals surface area contributed by atoms with Crippen LogP contribution >= 0.6 is 6.64 Å². The molecule has 6 atom stereocenters. The van der Waals surface area contributed by atoms with Crippen LogP contribution in [0.2, 0.25) is 0 Å². The molecule has 3 heterocycles. The fourth-order valence-electron chi connectivity index (χ4n) is 4.93. The number of ether oxygens (including phenoxy) is 2. The summed E-state index contributed by atoms with van der Waals surface area (Å²) in [7, 11) is 1.58. The third-order valence-electron chi connectivity index (χ3n) is 7.12. The van der Waals surface area contributed by atoms with E-state index in [1.54, 1.807) is 45.2 Å². The molecule has 1 aliphatic heterocycles. The van der Waals surface area contributed by atoms with Crippen molar-refractivity contribution in [1.29, 1.82) is 0 Å². The van der Waals surface area contributed by atoms with Gasteiger partial charge in [0.1, 0.15) is 18.4 Å². The second-order valence-electron chi connectivity index (χ2n) is 11.0. The van der Waals surface area contributed by atoms with Crippen LogP contribution in [0.15, 0.2) is 48.8 Å². The molecule has 242 valence electrons. The Hall–Kier alpha value is -3.53.